The van der Waals surface area contributed by atoms with Crippen molar-refractivity contribution in [3.63, 3.8) is 0 Å². The maximum Gasteiger partial charge on any atom is 0.243 e. The highest BCUT2D eigenvalue weighted by atomic mass is 35.5. The number of fused-ring (bicyclic) bond motifs is 2. The lowest BCUT2D eigenvalue weighted by atomic mass is 9.76. The first-order valence-corrected chi connectivity index (χ1v) is 15.4. The van der Waals surface area contributed by atoms with E-state index in [0.717, 1.165) is 43.2 Å². The molecule has 3 aliphatic heterocycles. The minimum Gasteiger partial charge on any atom is -0.380 e. The SMILES string of the molecule is COCC12CN(S(=O)(=O)c3ccc4cc(Cl)ccc4c3)CC(=O)N1CC1(CCN(Cc3ccccc3)CC1)CO2. The van der Waals surface area contributed by atoms with Gasteiger partial charge in [0.15, 0.2) is 5.72 Å². The molecule has 3 aromatic carbocycles. The molecule has 1 unspecified atom stereocenters. The van der Waals surface area contributed by atoms with Gasteiger partial charge in [-0.3, -0.25) is 9.69 Å². The van der Waals surface area contributed by atoms with Crippen LogP contribution in [-0.4, -0.2) is 87.2 Å². The number of likely N-dealkylation sites (tertiary alicyclic amines) is 1. The third-order valence-electron chi connectivity index (χ3n) is 8.62. The quantitative estimate of drug-likeness (QED) is 0.437. The molecule has 3 aromatic rings. The van der Waals surface area contributed by atoms with E-state index in [4.69, 9.17) is 21.1 Å². The fourth-order valence-corrected chi connectivity index (χ4v) is 7.95. The summed E-state index contributed by atoms with van der Waals surface area (Å²) in [6, 6.07) is 20.7. The van der Waals surface area contributed by atoms with Gasteiger partial charge in [-0.05, 0) is 66.5 Å². The van der Waals surface area contributed by atoms with E-state index >= 15 is 0 Å². The molecule has 3 aliphatic rings. The summed E-state index contributed by atoms with van der Waals surface area (Å²) in [4.78, 5) is 18.0. The summed E-state index contributed by atoms with van der Waals surface area (Å²) in [5, 5.41) is 2.19. The number of sulfonamides is 1. The van der Waals surface area contributed by atoms with Gasteiger partial charge in [0.05, 0.1) is 31.2 Å². The van der Waals surface area contributed by atoms with Crippen LogP contribution < -0.4 is 0 Å². The predicted octanol–water partition coefficient (Wildman–Crippen LogP) is 3.98. The molecule has 0 N–H and O–H groups in total. The maximum absolute atomic E-state index is 13.8. The molecule has 3 heterocycles. The number of carbonyl (C=O) groups excluding carboxylic acids is 1. The Bertz CT molecular complexity index is 1510. The van der Waals surface area contributed by atoms with Crippen LogP contribution in [0.2, 0.25) is 5.02 Å². The third-order valence-corrected chi connectivity index (χ3v) is 10.6. The van der Waals surface area contributed by atoms with Gasteiger partial charge in [-0.1, -0.05) is 54.1 Å². The summed E-state index contributed by atoms with van der Waals surface area (Å²) in [5.74, 6) is -0.259. The summed E-state index contributed by atoms with van der Waals surface area (Å²) in [5.41, 5.74) is -0.0190. The Morgan fingerprint density at radius 1 is 0.975 bits per heavy atom. The van der Waals surface area contributed by atoms with Gasteiger partial charge in [0.1, 0.15) is 0 Å². The highest BCUT2D eigenvalue weighted by Gasteiger charge is 2.56. The lowest BCUT2D eigenvalue weighted by molar-refractivity contribution is -0.258. The van der Waals surface area contributed by atoms with E-state index in [1.165, 1.54) is 9.87 Å². The van der Waals surface area contributed by atoms with E-state index in [1.54, 1.807) is 48.4 Å². The zero-order chi connectivity index (χ0) is 28.0. The fourth-order valence-electron chi connectivity index (χ4n) is 6.30. The van der Waals surface area contributed by atoms with Crippen LogP contribution in [0.15, 0.2) is 71.6 Å². The molecule has 1 amide bonds. The summed E-state index contributed by atoms with van der Waals surface area (Å²) in [6.45, 7) is 3.63. The fraction of sp³-hybridized carbons (Fsp3) is 0.433. The normalized spacial score (nSPS) is 23.9. The first-order chi connectivity index (χ1) is 19.2. The summed E-state index contributed by atoms with van der Waals surface area (Å²) in [7, 11) is -2.41. The molecule has 0 aliphatic carbocycles. The number of piperazine rings is 1. The Balaban J connectivity index is 1.19. The minimum atomic E-state index is -3.96. The largest absolute Gasteiger partial charge is 0.380 e. The first kappa shape index (κ1) is 27.6. The van der Waals surface area contributed by atoms with Crippen molar-refractivity contribution in [2.45, 2.75) is 30.0 Å². The second-order valence-corrected chi connectivity index (χ2v) is 13.7. The van der Waals surface area contributed by atoms with E-state index in [9.17, 15) is 13.2 Å². The van der Waals surface area contributed by atoms with Gasteiger partial charge < -0.3 is 14.4 Å². The number of halogens is 1. The zero-order valence-electron chi connectivity index (χ0n) is 22.6. The molecule has 212 valence electrons. The van der Waals surface area contributed by atoms with Crippen molar-refractivity contribution in [2.24, 2.45) is 5.41 Å². The number of ether oxygens (including phenoxy) is 2. The van der Waals surface area contributed by atoms with E-state index in [2.05, 4.69) is 29.2 Å². The van der Waals surface area contributed by atoms with Gasteiger partial charge in [0.25, 0.3) is 0 Å². The molecule has 3 fully saturated rings. The average molecular weight is 584 g/mol. The van der Waals surface area contributed by atoms with Crippen LogP contribution in [0.1, 0.15) is 18.4 Å². The molecule has 0 aromatic heterocycles. The maximum atomic E-state index is 13.8. The molecule has 0 radical (unpaired) electrons. The predicted molar refractivity (Wildman–Crippen MR) is 153 cm³/mol. The van der Waals surface area contributed by atoms with Crippen LogP contribution in [0.25, 0.3) is 10.8 Å². The average Bonchev–Trinajstić information content (AvgIpc) is 2.95. The summed E-state index contributed by atoms with van der Waals surface area (Å²) in [6.07, 6.45) is 1.82. The van der Waals surface area contributed by atoms with Crippen LogP contribution in [0.5, 0.6) is 0 Å². The van der Waals surface area contributed by atoms with Gasteiger partial charge in [-0.2, -0.15) is 4.31 Å². The van der Waals surface area contributed by atoms with Crippen LogP contribution in [0.4, 0.5) is 0 Å². The smallest absolute Gasteiger partial charge is 0.243 e. The van der Waals surface area contributed by atoms with Crippen molar-refractivity contribution >= 4 is 38.3 Å². The van der Waals surface area contributed by atoms with Crippen molar-refractivity contribution in [3.8, 4) is 0 Å². The lowest BCUT2D eigenvalue weighted by Gasteiger charge is -2.57. The van der Waals surface area contributed by atoms with Crippen molar-refractivity contribution in [1.29, 1.82) is 0 Å². The molecule has 6 rings (SSSR count). The lowest BCUT2D eigenvalue weighted by Crippen LogP contribution is -2.73. The van der Waals surface area contributed by atoms with Crippen molar-refractivity contribution in [1.82, 2.24) is 14.1 Å². The topological polar surface area (TPSA) is 79.4 Å². The molecular formula is C30H34ClN3O5S. The highest BCUT2D eigenvalue weighted by molar-refractivity contribution is 7.89. The van der Waals surface area contributed by atoms with E-state index in [-0.39, 0.29) is 35.9 Å². The Morgan fingerprint density at radius 3 is 2.45 bits per heavy atom. The van der Waals surface area contributed by atoms with Crippen LogP contribution in [-0.2, 0) is 30.8 Å². The van der Waals surface area contributed by atoms with Gasteiger partial charge in [-0.25, -0.2) is 8.42 Å². The van der Waals surface area contributed by atoms with Gasteiger partial charge >= 0.3 is 0 Å². The van der Waals surface area contributed by atoms with E-state index < -0.39 is 15.7 Å². The second-order valence-electron chi connectivity index (χ2n) is 11.3. The summed E-state index contributed by atoms with van der Waals surface area (Å²) >= 11 is 6.09. The molecule has 0 saturated carbocycles. The number of piperidine rings is 1. The third kappa shape index (κ3) is 5.15. The number of carbonyl (C=O) groups is 1. The Hall–Kier alpha value is -2.53. The van der Waals surface area contributed by atoms with E-state index in [0.29, 0.717) is 18.2 Å². The van der Waals surface area contributed by atoms with Crippen molar-refractivity contribution in [3.05, 3.63) is 77.3 Å². The van der Waals surface area contributed by atoms with Gasteiger partial charge in [-0.15, -0.1) is 0 Å². The first-order valence-electron chi connectivity index (χ1n) is 13.6. The standard InChI is InChI=1S/C30H34ClN3O5S/c1-38-22-30-20-33(40(36,37)27-10-8-24-15-26(31)9-7-25(24)16-27)18-28(35)34(30)19-29(21-39-30)11-13-32(14-12-29)17-23-5-3-2-4-6-23/h2-10,15-16H,11-14,17-22H2,1H3. The van der Waals surface area contributed by atoms with Crippen LogP contribution >= 0.6 is 11.6 Å². The number of rotatable bonds is 6. The molecule has 8 nitrogen and oxygen atoms in total. The number of amides is 1. The van der Waals surface area contributed by atoms with Crippen LogP contribution in [0, 0.1) is 5.41 Å². The molecule has 1 spiro atoms. The molecule has 40 heavy (non-hydrogen) atoms. The number of benzene rings is 3. The Kier molecular flexibility index (Phi) is 7.39. The number of hydrogen-bond acceptors (Lipinski definition) is 6. The molecular weight excluding hydrogens is 550 g/mol. The molecule has 10 heteroatoms. The van der Waals surface area contributed by atoms with Crippen molar-refractivity contribution < 1.29 is 22.7 Å². The summed E-state index contributed by atoms with van der Waals surface area (Å²) < 4.78 is 40.8. The molecule has 0 bridgehead atoms. The Morgan fingerprint density at radius 2 is 1.70 bits per heavy atom. The number of methoxy groups -OCH3 is 1. The molecule has 3 saturated heterocycles. The van der Waals surface area contributed by atoms with Gasteiger partial charge in [0, 0.05) is 30.6 Å². The molecule has 1 atom stereocenters. The van der Waals surface area contributed by atoms with Crippen LogP contribution in [0.3, 0.4) is 0 Å². The van der Waals surface area contributed by atoms with Crippen molar-refractivity contribution in [2.75, 3.05) is 53.0 Å². The monoisotopic (exact) mass is 583 g/mol. The minimum absolute atomic E-state index is 0.0176. The Labute approximate surface area is 240 Å². The second kappa shape index (κ2) is 10.7. The number of nitrogens with zero attached hydrogens (tertiary/aromatic N) is 3. The van der Waals surface area contributed by atoms with Gasteiger partial charge in [0.2, 0.25) is 15.9 Å². The highest BCUT2D eigenvalue weighted by Crippen LogP contribution is 2.43. The van der Waals surface area contributed by atoms with E-state index in [1.807, 2.05) is 6.07 Å². The number of hydrogen-bond donors (Lipinski definition) is 0. The zero-order valence-corrected chi connectivity index (χ0v) is 24.2.